The van der Waals surface area contributed by atoms with Gasteiger partial charge in [0.2, 0.25) is 0 Å². The van der Waals surface area contributed by atoms with Crippen LogP contribution in [0.1, 0.15) is 43.7 Å². The smallest absolute Gasteiger partial charge is 0.0649 e. The summed E-state index contributed by atoms with van der Waals surface area (Å²) in [5.74, 6) is 0. The minimum atomic E-state index is -0.307. The van der Waals surface area contributed by atoms with Gasteiger partial charge in [-0.3, -0.25) is 0 Å². The Morgan fingerprint density at radius 3 is 2.88 bits per heavy atom. The predicted molar refractivity (Wildman–Crippen MR) is 71.0 cm³/mol. The van der Waals surface area contributed by atoms with Crippen LogP contribution >= 0.6 is 0 Å². The van der Waals surface area contributed by atoms with Crippen LogP contribution in [0.3, 0.4) is 0 Å². The van der Waals surface area contributed by atoms with Crippen LogP contribution < -0.4 is 5.73 Å². The van der Waals surface area contributed by atoms with E-state index in [-0.39, 0.29) is 11.5 Å². The minimum absolute atomic E-state index is 0.204. The van der Waals surface area contributed by atoms with E-state index in [2.05, 4.69) is 31.2 Å². The van der Waals surface area contributed by atoms with Gasteiger partial charge in [-0.05, 0) is 36.8 Å². The molecule has 0 saturated carbocycles. The van der Waals surface area contributed by atoms with Crippen molar-refractivity contribution in [2.45, 2.75) is 50.5 Å². The molecular formula is C15H23NO. The highest BCUT2D eigenvalue weighted by molar-refractivity contribution is 5.38. The molecular weight excluding hydrogens is 210 g/mol. The summed E-state index contributed by atoms with van der Waals surface area (Å²) in [7, 11) is 0. The fourth-order valence-corrected chi connectivity index (χ4v) is 3.20. The first-order chi connectivity index (χ1) is 8.24. The molecule has 2 nitrogen and oxygen atoms in total. The first-order valence-electron chi connectivity index (χ1n) is 6.71. The molecule has 1 aliphatic carbocycles. The number of hydrogen-bond acceptors (Lipinski definition) is 2. The Morgan fingerprint density at radius 2 is 2.18 bits per heavy atom. The van der Waals surface area contributed by atoms with Crippen molar-refractivity contribution in [1.29, 1.82) is 0 Å². The number of fused-ring (bicyclic) bond motifs is 1. The maximum absolute atomic E-state index is 10.5. The average Bonchev–Trinajstić information content (AvgIpc) is 2.38. The molecule has 0 radical (unpaired) electrons. The SMILES string of the molecule is CCCC(O)C1(CN)CCCc2ccccc21. The third-order valence-electron chi connectivity index (χ3n) is 4.19. The first kappa shape index (κ1) is 12.6. The van der Waals surface area contributed by atoms with Crippen molar-refractivity contribution in [1.82, 2.24) is 0 Å². The van der Waals surface area contributed by atoms with E-state index < -0.39 is 0 Å². The zero-order valence-electron chi connectivity index (χ0n) is 10.7. The van der Waals surface area contributed by atoms with E-state index >= 15 is 0 Å². The third kappa shape index (κ3) is 2.12. The third-order valence-corrected chi connectivity index (χ3v) is 4.19. The number of nitrogens with two attached hydrogens (primary N) is 1. The van der Waals surface area contributed by atoms with Gasteiger partial charge in [0.15, 0.2) is 0 Å². The van der Waals surface area contributed by atoms with Crippen molar-refractivity contribution in [3.8, 4) is 0 Å². The highest BCUT2D eigenvalue weighted by Gasteiger charge is 2.40. The monoisotopic (exact) mass is 233 g/mol. The summed E-state index contributed by atoms with van der Waals surface area (Å²) in [6.45, 7) is 2.66. The number of aliphatic hydroxyl groups excluding tert-OH is 1. The van der Waals surface area contributed by atoms with E-state index in [0.29, 0.717) is 6.54 Å². The number of aliphatic hydroxyl groups is 1. The molecule has 2 unspecified atom stereocenters. The molecule has 0 aromatic heterocycles. The molecule has 0 fully saturated rings. The maximum Gasteiger partial charge on any atom is 0.0649 e. The molecule has 0 bridgehead atoms. The molecule has 1 aromatic carbocycles. The number of rotatable bonds is 4. The van der Waals surface area contributed by atoms with Gasteiger partial charge >= 0.3 is 0 Å². The molecule has 0 amide bonds. The van der Waals surface area contributed by atoms with Crippen molar-refractivity contribution in [3.05, 3.63) is 35.4 Å². The van der Waals surface area contributed by atoms with Crippen LogP contribution in [0.15, 0.2) is 24.3 Å². The first-order valence-corrected chi connectivity index (χ1v) is 6.71. The van der Waals surface area contributed by atoms with E-state index in [1.54, 1.807) is 0 Å². The van der Waals surface area contributed by atoms with E-state index in [1.807, 2.05) is 0 Å². The Labute approximate surface area is 104 Å². The molecule has 2 rings (SSSR count). The maximum atomic E-state index is 10.5. The van der Waals surface area contributed by atoms with Gasteiger partial charge in [0, 0.05) is 12.0 Å². The van der Waals surface area contributed by atoms with Gasteiger partial charge in [0.1, 0.15) is 0 Å². The molecule has 0 spiro atoms. The lowest BCUT2D eigenvalue weighted by atomic mass is 9.66. The quantitative estimate of drug-likeness (QED) is 0.838. The Bertz CT molecular complexity index is 377. The number of benzene rings is 1. The highest BCUT2D eigenvalue weighted by atomic mass is 16.3. The lowest BCUT2D eigenvalue weighted by Gasteiger charge is -2.42. The van der Waals surface area contributed by atoms with Crippen LogP contribution in [0.25, 0.3) is 0 Å². The molecule has 3 N–H and O–H groups in total. The van der Waals surface area contributed by atoms with Gasteiger partial charge in [-0.25, -0.2) is 0 Å². The zero-order valence-corrected chi connectivity index (χ0v) is 10.7. The minimum Gasteiger partial charge on any atom is -0.392 e. The van der Waals surface area contributed by atoms with Gasteiger partial charge in [-0.15, -0.1) is 0 Å². The Kier molecular flexibility index (Phi) is 3.85. The number of hydrogen-bond donors (Lipinski definition) is 2. The van der Waals surface area contributed by atoms with Gasteiger partial charge in [0.25, 0.3) is 0 Å². The van der Waals surface area contributed by atoms with Crippen molar-refractivity contribution in [3.63, 3.8) is 0 Å². The lowest BCUT2D eigenvalue weighted by molar-refractivity contribution is 0.0641. The second kappa shape index (κ2) is 5.19. The Balaban J connectivity index is 2.41. The number of aryl methyl sites for hydroxylation is 1. The molecule has 2 atom stereocenters. The van der Waals surface area contributed by atoms with Gasteiger partial charge in [-0.1, -0.05) is 37.6 Å². The van der Waals surface area contributed by atoms with Gasteiger partial charge in [0.05, 0.1) is 6.10 Å². The summed E-state index contributed by atoms with van der Waals surface area (Å²) in [4.78, 5) is 0. The molecule has 94 valence electrons. The summed E-state index contributed by atoms with van der Waals surface area (Å²) in [6.07, 6.45) is 4.81. The highest BCUT2D eigenvalue weighted by Crippen LogP contribution is 2.40. The van der Waals surface area contributed by atoms with E-state index in [1.165, 1.54) is 11.1 Å². The Hall–Kier alpha value is -0.860. The topological polar surface area (TPSA) is 46.2 Å². The summed E-state index contributed by atoms with van der Waals surface area (Å²) >= 11 is 0. The van der Waals surface area contributed by atoms with E-state index in [9.17, 15) is 5.11 Å². The Morgan fingerprint density at radius 1 is 1.41 bits per heavy atom. The van der Waals surface area contributed by atoms with Crippen molar-refractivity contribution >= 4 is 0 Å². The largest absolute Gasteiger partial charge is 0.392 e. The summed E-state index contributed by atoms with van der Waals surface area (Å²) in [6, 6.07) is 8.47. The van der Waals surface area contributed by atoms with E-state index in [4.69, 9.17) is 5.73 Å². The van der Waals surface area contributed by atoms with Crippen LogP contribution in [0, 0.1) is 0 Å². The molecule has 2 heteroatoms. The fraction of sp³-hybridized carbons (Fsp3) is 0.600. The molecule has 0 aliphatic heterocycles. The van der Waals surface area contributed by atoms with E-state index in [0.717, 1.165) is 32.1 Å². The standard InChI is InChI=1S/C15H23NO/c1-2-6-14(17)15(11-16)10-5-8-12-7-3-4-9-13(12)15/h3-4,7,9,14,17H,2,5-6,8,10-11,16H2,1H3. The molecule has 0 heterocycles. The van der Waals surface area contributed by atoms with Crippen LogP contribution in [-0.2, 0) is 11.8 Å². The van der Waals surface area contributed by atoms with Crippen molar-refractivity contribution < 1.29 is 5.11 Å². The molecule has 17 heavy (non-hydrogen) atoms. The van der Waals surface area contributed by atoms with Crippen LogP contribution in [0.5, 0.6) is 0 Å². The predicted octanol–water partition coefficient (Wildman–Crippen LogP) is 2.38. The van der Waals surface area contributed by atoms with Crippen LogP contribution in [-0.4, -0.2) is 17.8 Å². The van der Waals surface area contributed by atoms with Crippen molar-refractivity contribution in [2.24, 2.45) is 5.73 Å². The zero-order chi connectivity index (χ0) is 12.3. The average molecular weight is 233 g/mol. The normalized spacial score (nSPS) is 25.4. The molecule has 1 aromatic rings. The molecule has 1 aliphatic rings. The summed E-state index contributed by atoms with van der Waals surface area (Å²) < 4.78 is 0. The summed E-state index contributed by atoms with van der Waals surface area (Å²) in [5, 5.41) is 10.5. The van der Waals surface area contributed by atoms with Crippen LogP contribution in [0.2, 0.25) is 0 Å². The van der Waals surface area contributed by atoms with Crippen LogP contribution in [0.4, 0.5) is 0 Å². The second-order valence-electron chi connectivity index (χ2n) is 5.18. The summed E-state index contributed by atoms with van der Waals surface area (Å²) in [5.41, 5.74) is 8.48. The van der Waals surface area contributed by atoms with Gasteiger partial charge in [-0.2, -0.15) is 0 Å². The van der Waals surface area contributed by atoms with Crippen molar-refractivity contribution in [2.75, 3.05) is 6.54 Å². The molecule has 0 saturated heterocycles. The second-order valence-corrected chi connectivity index (χ2v) is 5.18. The lowest BCUT2D eigenvalue weighted by Crippen LogP contribution is -2.48. The van der Waals surface area contributed by atoms with Gasteiger partial charge < -0.3 is 10.8 Å². The fourth-order valence-electron chi connectivity index (χ4n) is 3.20.